The molecule has 28 heavy (non-hydrogen) atoms. The van der Waals surface area contributed by atoms with Crippen molar-refractivity contribution in [3.63, 3.8) is 0 Å². The van der Waals surface area contributed by atoms with Crippen molar-refractivity contribution >= 4 is 51.2 Å². The molecule has 7 nitrogen and oxygen atoms in total. The highest BCUT2D eigenvalue weighted by atomic mass is 127. The number of nitriles is 1. The number of methoxy groups -OCH3 is 2. The van der Waals surface area contributed by atoms with Gasteiger partial charge < -0.3 is 19.2 Å². The topological polar surface area (TPSA) is 97.2 Å². The fourth-order valence-corrected chi connectivity index (χ4v) is 3.18. The Bertz CT molecular complexity index is 1100. The summed E-state index contributed by atoms with van der Waals surface area (Å²) in [7, 11) is 2.90. The average Bonchev–Trinajstić information content (AvgIpc) is 3.13. The van der Waals surface area contributed by atoms with Gasteiger partial charge in [-0.2, -0.15) is 5.26 Å². The van der Waals surface area contributed by atoms with Gasteiger partial charge in [0.05, 0.1) is 34.4 Å². The van der Waals surface area contributed by atoms with E-state index in [0.29, 0.717) is 22.9 Å². The summed E-state index contributed by atoms with van der Waals surface area (Å²) in [5.41, 5.74) is 2.74. The van der Waals surface area contributed by atoms with E-state index in [-0.39, 0.29) is 6.61 Å². The number of ether oxygens (including phenoxy) is 3. The smallest absolute Gasteiger partial charge is 0.343 e. The van der Waals surface area contributed by atoms with Gasteiger partial charge in [-0.05, 0) is 58.5 Å². The van der Waals surface area contributed by atoms with Crippen molar-refractivity contribution < 1.29 is 19.0 Å². The van der Waals surface area contributed by atoms with Crippen LogP contribution in [-0.4, -0.2) is 36.8 Å². The van der Waals surface area contributed by atoms with Crippen LogP contribution in [0.4, 0.5) is 0 Å². The number of aromatic nitrogens is 2. The molecule has 0 aliphatic carbocycles. The number of esters is 1. The van der Waals surface area contributed by atoms with Crippen LogP contribution < -0.4 is 9.47 Å². The first kappa shape index (κ1) is 19.7. The third-order valence-electron chi connectivity index (χ3n) is 3.90. The van der Waals surface area contributed by atoms with Crippen molar-refractivity contribution in [1.82, 2.24) is 9.97 Å². The van der Waals surface area contributed by atoms with E-state index in [1.54, 1.807) is 25.3 Å². The van der Waals surface area contributed by atoms with Crippen LogP contribution in [0.25, 0.3) is 22.7 Å². The zero-order valence-electron chi connectivity index (χ0n) is 15.2. The Balaban J connectivity index is 1.87. The normalized spacial score (nSPS) is 11.1. The average molecular weight is 489 g/mol. The van der Waals surface area contributed by atoms with Crippen molar-refractivity contribution in [3.05, 3.63) is 51.4 Å². The fraction of sp³-hybridized carbons (Fsp3) is 0.150. The minimum Gasteiger partial charge on any atom is -0.497 e. The van der Waals surface area contributed by atoms with E-state index in [1.807, 2.05) is 24.3 Å². The highest BCUT2D eigenvalue weighted by Crippen LogP contribution is 2.26. The van der Waals surface area contributed by atoms with Crippen molar-refractivity contribution in [2.24, 2.45) is 0 Å². The quantitative estimate of drug-likeness (QED) is 0.322. The minimum atomic E-state index is -0.451. The van der Waals surface area contributed by atoms with Crippen LogP contribution in [-0.2, 0) is 9.53 Å². The molecule has 3 aromatic rings. The Labute approximate surface area is 175 Å². The molecule has 0 aliphatic heterocycles. The number of nitrogens with one attached hydrogen (secondary N) is 1. The maximum Gasteiger partial charge on any atom is 0.343 e. The molecule has 0 spiro atoms. The summed E-state index contributed by atoms with van der Waals surface area (Å²) in [6.45, 7) is -0.159. The number of hydrogen-bond acceptors (Lipinski definition) is 6. The molecular formula is C20H16IN3O4. The van der Waals surface area contributed by atoms with Crippen LogP contribution in [0.15, 0.2) is 36.4 Å². The van der Waals surface area contributed by atoms with E-state index in [0.717, 1.165) is 20.2 Å². The molecule has 0 saturated heterocycles. The number of nitrogens with zero attached hydrogens (tertiary/aromatic N) is 2. The molecule has 0 unspecified atom stereocenters. The lowest BCUT2D eigenvalue weighted by Gasteiger charge is -2.07. The first-order chi connectivity index (χ1) is 13.5. The van der Waals surface area contributed by atoms with Crippen LogP contribution in [0.5, 0.6) is 11.5 Å². The second kappa shape index (κ2) is 8.75. The number of rotatable bonds is 6. The fourth-order valence-electron chi connectivity index (χ4n) is 2.48. The Morgan fingerprint density at radius 1 is 1.29 bits per heavy atom. The zero-order valence-corrected chi connectivity index (χ0v) is 17.3. The highest BCUT2D eigenvalue weighted by Gasteiger charge is 2.10. The third kappa shape index (κ3) is 4.43. The van der Waals surface area contributed by atoms with E-state index in [4.69, 9.17) is 9.47 Å². The molecule has 3 rings (SSSR count). The molecule has 0 amide bonds. The lowest BCUT2D eigenvalue weighted by molar-refractivity contribution is -0.142. The van der Waals surface area contributed by atoms with Gasteiger partial charge in [-0.1, -0.05) is 6.07 Å². The first-order valence-electron chi connectivity index (χ1n) is 8.19. The molecule has 0 atom stereocenters. The van der Waals surface area contributed by atoms with Gasteiger partial charge in [0.1, 0.15) is 23.4 Å². The number of benzene rings is 2. The molecule has 2 aromatic carbocycles. The van der Waals surface area contributed by atoms with Crippen molar-refractivity contribution in [2.75, 3.05) is 20.8 Å². The van der Waals surface area contributed by atoms with Crippen LogP contribution in [0, 0.1) is 14.9 Å². The minimum absolute atomic E-state index is 0.159. The number of allylic oxidation sites excluding steroid dienone is 1. The number of halogens is 1. The lowest BCUT2D eigenvalue weighted by Crippen LogP contribution is -2.13. The number of hydrogen-bond donors (Lipinski definition) is 1. The molecule has 1 heterocycles. The zero-order chi connectivity index (χ0) is 20.1. The van der Waals surface area contributed by atoms with Gasteiger partial charge in [0.25, 0.3) is 0 Å². The number of carbonyl (C=O) groups excluding carboxylic acids is 1. The molecule has 0 saturated carbocycles. The molecule has 8 heteroatoms. The summed E-state index contributed by atoms with van der Waals surface area (Å²) in [5.74, 6) is 1.31. The molecule has 0 bridgehead atoms. The standard InChI is InChI=1S/C20H16IN3O4/c1-26-14-4-5-16-17(9-14)24-20(23-16)13(10-22)7-12-3-6-18(15(21)8-12)28-11-19(25)27-2/h3-9H,11H2,1-2H3,(H,23,24)/b13-7-. The summed E-state index contributed by atoms with van der Waals surface area (Å²) in [5, 5.41) is 9.58. The van der Waals surface area contributed by atoms with E-state index < -0.39 is 5.97 Å². The molecule has 142 valence electrons. The van der Waals surface area contributed by atoms with E-state index in [9.17, 15) is 10.1 Å². The molecular weight excluding hydrogens is 473 g/mol. The Morgan fingerprint density at radius 3 is 2.79 bits per heavy atom. The van der Waals surface area contributed by atoms with Gasteiger partial charge >= 0.3 is 5.97 Å². The van der Waals surface area contributed by atoms with Gasteiger partial charge in [0.15, 0.2) is 6.61 Å². The second-order valence-corrected chi connectivity index (χ2v) is 6.86. The van der Waals surface area contributed by atoms with Crippen molar-refractivity contribution in [1.29, 1.82) is 5.26 Å². The van der Waals surface area contributed by atoms with Gasteiger partial charge in [-0.3, -0.25) is 0 Å². The number of carbonyl (C=O) groups is 1. The van der Waals surface area contributed by atoms with Gasteiger partial charge in [-0.25, -0.2) is 9.78 Å². The summed E-state index contributed by atoms with van der Waals surface area (Å²) in [6.07, 6.45) is 1.74. The maximum atomic E-state index is 11.2. The van der Waals surface area contributed by atoms with Crippen molar-refractivity contribution in [2.45, 2.75) is 0 Å². The SMILES string of the molecule is COC(=O)COc1ccc(/C=C(/C#N)c2nc3ccc(OC)cc3[nH]2)cc1I. The van der Waals surface area contributed by atoms with Gasteiger partial charge in [0, 0.05) is 6.07 Å². The predicted molar refractivity (Wildman–Crippen MR) is 113 cm³/mol. The Morgan fingerprint density at radius 2 is 2.11 bits per heavy atom. The van der Waals surface area contributed by atoms with Crippen LogP contribution >= 0.6 is 22.6 Å². The van der Waals surface area contributed by atoms with Gasteiger partial charge in [0.2, 0.25) is 0 Å². The summed E-state index contributed by atoms with van der Waals surface area (Å²) < 4.78 is 16.0. The molecule has 1 aromatic heterocycles. The summed E-state index contributed by atoms with van der Waals surface area (Å²) >= 11 is 2.11. The maximum absolute atomic E-state index is 11.2. The van der Waals surface area contributed by atoms with E-state index in [2.05, 4.69) is 43.4 Å². The summed E-state index contributed by atoms with van der Waals surface area (Å²) in [6, 6.07) is 13.1. The number of aromatic amines is 1. The van der Waals surface area contributed by atoms with E-state index in [1.165, 1.54) is 7.11 Å². The second-order valence-electron chi connectivity index (χ2n) is 5.69. The third-order valence-corrected chi connectivity index (χ3v) is 4.75. The van der Waals surface area contributed by atoms with Crippen LogP contribution in [0.2, 0.25) is 0 Å². The van der Waals surface area contributed by atoms with Crippen molar-refractivity contribution in [3.8, 4) is 17.6 Å². The van der Waals surface area contributed by atoms with Crippen LogP contribution in [0.3, 0.4) is 0 Å². The predicted octanol–water partition coefficient (Wildman–Crippen LogP) is 3.79. The molecule has 0 fully saturated rings. The summed E-state index contributed by atoms with van der Waals surface area (Å²) in [4.78, 5) is 18.8. The largest absolute Gasteiger partial charge is 0.497 e. The molecule has 0 aliphatic rings. The van der Waals surface area contributed by atoms with E-state index >= 15 is 0 Å². The molecule has 0 radical (unpaired) electrons. The van der Waals surface area contributed by atoms with Crippen LogP contribution in [0.1, 0.15) is 11.4 Å². The first-order valence-corrected chi connectivity index (χ1v) is 9.27. The monoisotopic (exact) mass is 489 g/mol. The van der Waals surface area contributed by atoms with Gasteiger partial charge in [-0.15, -0.1) is 0 Å². The highest BCUT2D eigenvalue weighted by molar-refractivity contribution is 14.1. The number of H-pyrrole nitrogens is 1. The Hall–Kier alpha value is -3.06. The number of imidazole rings is 1. The molecule has 1 N–H and O–H groups in total. The lowest BCUT2D eigenvalue weighted by atomic mass is 10.1. The number of fused-ring (bicyclic) bond motifs is 1. The Kier molecular flexibility index (Phi) is 6.16.